The standard InChI is InChI=1S/C19H23BrN2O2/c1-23-14-7-8-16(18(13-14)24-2)19(22-11-9-21-10-12-22)15-5-3-4-6-17(15)20/h3-8,13,19,21H,9-12H2,1-2H3. The molecule has 2 aromatic carbocycles. The predicted octanol–water partition coefficient (Wildman–Crippen LogP) is 3.46. The minimum Gasteiger partial charge on any atom is -0.497 e. The van der Waals surface area contributed by atoms with E-state index in [1.807, 2.05) is 18.2 Å². The van der Waals surface area contributed by atoms with Crippen LogP contribution in [0, 0.1) is 0 Å². The van der Waals surface area contributed by atoms with E-state index in [0.29, 0.717) is 0 Å². The molecule has 1 aliphatic rings. The summed E-state index contributed by atoms with van der Waals surface area (Å²) >= 11 is 3.73. The Morgan fingerprint density at radius 1 is 1.00 bits per heavy atom. The molecule has 1 atom stereocenters. The summed E-state index contributed by atoms with van der Waals surface area (Å²) in [6.07, 6.45) is 0. The maximum absolute atomic E-state index is 5.68. The van der Waals surface area contributed by atoms with Gasteiger partial charge in [-0.15, -0.1) is 0 Å². The minimum absolute atomic E-state index is 0.142. The molecule has 24 heavy (non-hydrogen) atoms. The fourth-order valence-corrected chi connectivity index (χ4v) is 3.74. The van der Waals surface area contributed by atoms with Gasteiger partial charge in [-0.2, -0.15) is 0 Å². The second kappa shape index (κ2) is 8.01. The number of hydrogen-bond donors (Lipinski definition) is 1. The summed E-state index contributed by atoms with van der Waals surface area (Å²) in [5.74, 6) is 1.66. The topological polar surface area (TPSA) is 33.7 Å². The Balaban J connectivity index is 2.09. The molecular weight excluding hydrogens is 368 g/mol. The second-order valence-corrected chi connectivity index (χ2v) is 6.67. The highest BCUT2D eigenvalue weighted by Crippen LogP contribution is 2.39. The molecule has 0 amide bonds. The van der Waals surface area contributed by atoms with Crippen LogP contribution in [-0.2, 0) is 0 Å². The Kier molecular flexibility index (Phi) is 5.76. The summed E-state index contributed by atoms with van der Waals surface area (Å²) in [6.45, 7) is 4.00. The maximum atomic E-state index is 5.68. The van der Waals surface area contributed by atoms with E-state index in [1.165, 1.54) is 5.56 Å². The van der Waals surface area contributed by atoms with Crippen molar-refractivity contribution in [1.82, 2.24) is 10.2 Å². The van der Waals surface area contributed by atoms with Crippen LogP contribution in [-0.4, -0.2) is 45.3 Å². The molecule has 0 saturated carbocycles. The Bertz CT molecular complexity index is 687. The van der Waals surface area contributed by atoms with Crippen molar-refractivity contribution < 1.29 is 9.47 Å². The number of benzene rings is 2. The normalized spacial score (nSPS) is 16.6. The quantitative estimate of drug-likeness (QED) is 0.847. The van der Waals surface area contributed by atoms with E-state index >= 15 is 0 Å². The van der Waals surface area contributed by atoms with Crippen LogP contribution in [0.3, 0.4) is 0 Å². The lowest BCUT2D eigenvalue weighted by Gasteiger charge is -2.36. The summed E-state index contributed by atoms with van der Waals surface area (Å²) in [5, 5.41) is 3.43. The molecule has 5 heteroatoms. The summed E-state index contributed by atoms with van der Waals surface area (Å²) < 4.78 is 12.2. The molecule has 1 N–H and O–H groups in total. The van der Waals surface area contributed by atoms with Gasteiger partial charge in [-0.05, 0) is 23.8 Å². The zero-order valence-corrected chi connectivity index (χ0v) is 15.7. The highest BCUT2D eigenvalue weighted by atomic mass is 79.9. The number of ether oxygens (including phenoxy) is 2. The number of methoxy groups -OCH3 is 2. The molecule has 1 unspecified atom stereocenters. The maximum Gasteiger partial charge on any atom is 0.127 e. The fraction of sp³-hybridized carbons (Fsp3) is 0.368. The summed E-state index contributed by atoms with van der Waals surface area (Å²) in [7, 11) is 3.39. The number of hydrogen-bond acceptors (Lipinski definition) is 4. The Hall–Kier alpha value is -1.56. The van der Waals surface area contributed by atoms with Crippen LogP contribution >= 0.6 is 15.9 Å². The summed E-state index contributed by atoms with van der Waals surface area (Å²) in [5.41, 5.74) is 2.41. The molecule has 4 nitrogen and oxygen atoms in total. The first-order chi connectivity index (χ1) is 11.7. The first-order valence-corrected chi connectivity index (χ1v) is 8.95. The molecule has 0 radical (unpaired) electrons. The molecular formula is C19H23BrN2O2. The number of piperazine rings is 1. The first kappa shape index (κ1) is 17.3. The van der Waals surface area contributed by atoms with Gasteiger partial charge in [0.15, 0.2) is 0 Å². The molecule has 0 bridgehead atoms. The zero-order valence-electron chi connectivity index (χ0n) is 14.1. The van der Waals surface area contributed by atoms with E-state index in [9.17, 15) is 0 Å². The van der Waals surface area contributed by atoms with Crippen molar-refractivity contribution in [3.63, 3.8) is 0 Å². The van der Waals surface area contributed by atoms with Crippen molar-refractivity contribution in [3.05, 3.63) is 58.1 Å². The lowest BCUT2D eigenvalue weighted by atomic mass is 9.95. The largest absolute Gasteiger partial charge is 0.497 e. The van der Waals surface area contributed by atoms with Gasteiger partial charge in [0.2, 0.25) is 0 Å². The van der Waals surface area contributed by atoms with Crippen LogP contribution in [0.15, 0.2) is 46.9 Å². The van der Waals surface area contributed by atoms with E-state index in [0.717, 1.165) is 47.7 Å². The van der Waals surface area contributed by atoms with Gasteiger partial charge in [0.1, 0.15) is 11.5 Å². The van der Waals surface area contributed by atoms with Crippen molar-refractivity contribution in [2.75, 3.05) is 40.4 Å². The smallest absolute Gasteiger partial charge is 0.127 e. The Morgan fingerprint density at radius 2 is 1.75 bits per heavy atom. The Labute approximate surface area is 151 Å². The first-order valence-electron chi connectivity index (χ1n) is 8.15. The van der Waals surface area contributed by atoms with Gasteiger partial charge in [0.05, 0.1) is 20.3 Å². The van der Waals surface area contributed by atoms with Crippen molar-refractivity contribution in [3.8, 4) is 11.5 Å². The second-order valence-electron chi connectivity index (χ2n) is 5.82. The lowest BCUT2D eigenvalue weighted by molar-refractivity contribution is 0.195. The fourth-order valence-electron chi connectivity index (χ4n) is 3.24. The molecule has 0 aliphatic carbocycles. The third-order valence-corrected chi connectivity index (χ3v) is 5.17. The van der Waals surface area contributed by atoms with Crippen LogP contribution in [0.25, 0.3) is 0 Å². The summed E-state index contributed by atoms with van der Waals surface area (Å²) in [6, 6.07) is 14.6. The molecule has 2 aromatic rings. The van der Waals surface area contributed by atoms with Gasteiger partial charge >= 0.3 is 0 Å². The molecule has 128 valence electrons. The molecule has 3 rings (SSSR count). The van der Waals surface area contributed by atoms with Gasteiger partial charge in [-0.3, -0.25) is 4.90 Å². The summed E-state index contributed by atoms with van der Waals surface area (Å²) in [4.78, 5) is 2.50. The minimum atomic E-state index is 0.142. The van der Waals surface area contributed by atoms with E-state index in [1.54, 1.807) is 14.2 Å². The van der Waals surface area contributed by atoms with Gasteiger partial charge in [0, 0.05) is 42.3 Å². The lowest BCUT2D eigenvalue weighted by Crippen LogP contribution is -2.45. The molecule has 1 saturated heterocycles. The highest BCUT2D eigenvalue weighted by molar-refractivity contribution is 9.10. The van der Waals surface area contributed by atoms with Gasteiger partial charge < -0.3 is 14.8 Å². The average molecular weight is 391 g/mol. The van der Waals surface area contributed by atoms with Gasteiger partial charge in [-0.1, -0.05) is 34.1 Å². The molecule has 0 spiro atoms. The van der Waals surface area contributed by atoms with Crippen LogP contribution in [0.2, 0.25) is 0 Å². The van der Waals surface area contributed by atoms with Crippen LogP contribution < -0.4 is 14.8 Å². The van der Waals surface area contributed by atoms with Gasteiger partial charge in [0.25, 0.3) is 0 Å². The van der Waals surface area contributed by atoms with Crippen molar-refractivity contribution in [2.45, 2.75) is 6.04 Å². The number of halogens is 1. The van der Waals surface area contributed by atoms with Crippen LogP contribution in [0.1, 0.15) is 17.2 Å². The van der Waals surface area contributed by atoms with Crippen molar-refractivity contribution in [1.29, 1.82) is 0 Å². The van der Waals surface area contributed by atoms with Crippen molar-refractivity contribution >= 4 is 15.9 Å². The van der Waals surface area contributed by atoms with E-state index in [2.05, 4.69) is 50.4 Å². The third-order valence-electron chi connectivity index (χ3n) is 4.45. The molecule has 1 aliphatic heterocycles. The third kappa shape index (κ3) is 3.58. The predicted molar refractivity (Wildman–Crippen MR) is 100.0 cm³/mol. The monoisotopic (exact) mass is 390 g/mol. The molecule has 1 fully saturated rings. The van der Waals surface area contributed by atoms with E-state index in [-0.39, 0.29) is 6.04 Å². The van der Waals surface area contributed by atoms with Crippen LogP contribution in [0.4, 0.5) is 0 Å². The van der Waals surface area contributed by atoms with Crippen molar-refractivity contribution in [2.24, 2.45) is 0 Å². The van der Waals surface area contributed by atoms with Gasteiger partial charge in [-0.25, -0.2) is 0 Å². The van der Waals surface area contributed by atoms with E-state index in [4.69, 9.17) is 9.47 Å². The zero-order chi connectivity index (χ0) is 16.9. The molecule has 0 aromatic heterocycles. The number of rotatable bonds is 5. The number of nitrogens with one attached hydrogen (secondary N) is 1. The number of nitrogens with zero attached hydrogens (tertiary/aromatic N) is 1. The highest BCUT2D eigenvalue weighted by Gasteiger charge is 2.28. The van der Waals surface area contributed by atoms with E-state index < -0.39 is 0 Å². The average Bonchev–Trinajstić information content (AvgIpc) is 2.64. The molecule has 1 heterocycles. The SMILES string of the molecule is COc1ccc(C(c2ccccc2Br)N2CCNCC2)c(OC)c1. The van der Waals surface area contributed by atoms with Crippen LogP contribution in [0.5, 0.6) is 11.5 Å². The Morgan fingerprint density at radius 3 is 2.42 bits per heavy atom.